The lowest BCUT2D eigenvalue weighted by Gasteiger charge is -2.27. The zero-order valence-electron chi connectivity index (χ0n) is 17.7. The molecule has 0 heterocycles. The molecular formula is C23H26N2O6. The summed E-state index contributed by atoms with van der Waals surface area (Å²) in [7, 11) is 1.34. The molecule has 3 rings (SSSR count). The normalized spacial score (nSPS) is 15.2. The zero-order chi connectivity index (χ0) is 22.6. The second-order valence-corrected chi connectivity index (χ2v) is 7.75. The van der Waals surface area contributed by atoms with Gasteiger partial charge in [-0.25, -0.2) is 9.59 Å². The van der Waals surface area contributed by atoms with E-state index in [1.165, 1.54) is 21.0 Å². The Morgan fingerprint density at radius 1 is 1.06 bits per heavy atom. The van der Waals surface area contributed by atoms with Crippen LogP contribution in [0.15, 0.2) is 48.5 Å². The molecule has 1 aliphatic rings. The number of alkyl carbamates (subject to hydrolysis) is 1. The first-order valence-electron chi connectivity index (χ1n) is 9.92. The highest BCUT2D eigenvalue weighted by Gasteiger charge is 2.36. The van der Waals surface area contributed by atoms with Gasteiger partial charge in [-0.1, -0.05) is 48.5 Å². The van der Waals surface area contributed by atoms with Gasteiger partial charge in [0.05, 0.1) is 6.61 Å². The minimum absolute atomic E-state index is 0.0979. The van der Waals surface area contributed by atoms with Gasteiger partial charge in [0.25, 0.3) is 0 Å². The van der Waals surface area contributed by atoms with E-state index in [0.717, 1.165) is 22.3 Å². The van der Waals surface area contributed by atoms with Crippen LogP contribution in [0.3, 0.4) is 0 Å². The van der Waals surface area contributed by atoms with Gasteiger partial charge in [-0.2, -0.15) is 0 Å². The van der Waals surface area contributed by atoms with E-state index in [0.29, 0.717) is 0 Å². The molecule has 0 bridgehead atoms. The molecule has 8 heteroatoms. The Bertz CT molecular complexity index is 946. The Balaban J connectivity index is 1.60. The van der Waals surface area contributed by atoms with Crippen molar-refractivity contribution in [1.82, 2.24) is 10.6 Å². The fraction of sp³-hybridized carbons (Fsp3) is 0.348. The summed E-state index contributed by atoms with van der Waals surface area (Å²) in [6.45, 7) is 2.68. The first-order chi connectivity index (χ1) is 14.8. The number of methoxy groups -OCH3 is 1. The predicted octanol–water partition coefficient (Wildman–Crippen LogP) is 2.52. The summed E-state index contributed by atoms with van der Waals surface area (Å²) in [5.41, 5.74) is 2.79. The summed E-state index contributed by atoms with van der Waals surface area (Å²) in [4.78, 5) is 36.1. The van der Waals surface area contributed by atoms with Gasteiger partial charge < -0.3 is 25.2 Å². The Kier molecular flexibility index (Phi) is 6.60. The van der Waals surface area contributed by atoms with Crippen LogP contribution in [0.5, 0.6) is 0 Å². The molecule has 8 nitrogen and oxygen atoms in total. The summed E-state index contributed by atoms with van der Waals surface area (Å²) in [5, 5.41) is 14.2. The molecule has 31 heavy (non-hydrogen) atoms. The number of rotatable bonds is 8. The van der Waals surface area contributed by atoms with Crippen molar-refractivity contribution >= 4 is 18.0 Å². The second-order valence-electron chi connectivity index (χ2n) is 7.75. The van der Waals surface area contributed by atoms with Crippen molar-refractivity contribution in [2.24, 2.45) is 0 Å². The Labute approximate surface area is 180 Å². The minimum atomic E-state index is -1.61. The van der Waals surface area contributed by atoms with Gasteiger partial charge in [0, 0.05) is 13.0 Å². The fourth-order valence-corrected chi connectivity index (χ4v) is 3.70. The van der Waals surface area contributed by atoms with Crippen molar-refractivity contribution in [1.29, 1.82) is 0 Å². The van der Waals surface area contributed by atoms with E-state index in [4.69, 9.17) is 9.47 Å². The van der Waals surface area contributed by atoms with Gasteiger partial charge in [-0.3, -0.25) is 4.79 Å². The lowest BCUT2D eigenvalue weighted by atomic mass is 9.98. The van der Waals surface area contributed by atoms with E-state index >= 15 is 0 Å². The molecule has 0 saturated carbocycles. The number of carbonyl (C=O) groups excluding carboxylic acids is 2. The summed E-state index contributed by atoms with van der Waals surface area (Å²) >= 11 is 0. The van der Waals surface area contributed by atoms with Crippen LogP contribution in [-0.4, -0.2) is 55.0 Å². The topological polar surface area (TPSA) is 114 Å². The summed E-state index contributed by atoms with van der Waals surface area (Å²) in [6, 6.07) is 15.0. The van der Waals surface area contributed by atoms with E-state index in [1.807, 2.05) is 48.5 Å². The standard InChI is InChI=1S/C23H26N2O6/c1-14(20(26)25-23(2,13-30-3)21(27)28)24-22(29)31-12-19-17-10-6-4-8-15(17)16-9-5-7-11-18(16)19/h4-11,14,19H,12-13H2,1-3H3,(H,24,29)(H,25,26)(H,27,28)/t14-,23?/m1/s1. The molecule has 2 aromatic carbocycles. The van der Waals surface area contributed by atoms with Gasteiger partial charge in [0.1, 0.15) is 12.6 Å². The summed E-state index contributed by atoms with van der Waals surface area (Å²) < 4.78 is 10.3. The SMILES string of the molecule is COCC(C)(NC(=O)[C@@H](C)NC(=O)OCC1c2ccccc2-c2ccccc21)C(=O)O. The highest BCUT2D eigenvalue weighted by molar-refractivity contribution is 5.91. The molecule has 0 spiro atoms. The summed E-state index contributed by atoms with van der Waals surface area (Å²) in [5.74, 6) is -1.99. The van der Waals surface area contributed by atoms with E-state index in [2.05, 4.69) is 10.6 Å². The van der Waals surface area contributed by atoms with Crippen molar-refractivity contribution in [3.63, 3.8) is 0 Å². The van der Waals surface area contributed by atoms with Crippen LogP contribution in [0.25, 0.3) is 11.1 Å². The van der Waals surface area contributed by atoms with Crippen LogP contribution in [0.1, 0.15) is 30.9 Å². The number of carboxylic acid groups (broad SMARTS) is 1. The van der Waals surface area contributed by atoms with Gasteiger partial charge in [-0.05, 0) is 36.1 Å². The Hall–Kier alpha value is -3.39. The molecule has 2 aromatic rings. The number of hydrogen-bond donors (Lipinski definition) is 3. The van der Waals surface area contributed by atoms with Crippen molar-refractivity contribution in [2.45, 2.75) is 31.3 Å². The lowest BCUT2D eigenvalue weighted by Crippen LogP contribution is -2.59. The lowest BCUT2D eigenvalue weighted by molar-refractivity contribution is -0.149. The van der Waals surface area contributed by atoms with Gasteiger partial charge in [-0.15, -0.1) is 0 Å². The average Bonchev–Trinajstić information content (AvgIpc) is 3.06. The maximum absolute atomic E-state index is 12.4. The molecular weight excluding hydrogens is 400 g/mol. The monoisotopic (exact) mass is 426 g/mol. The molecule has 0 saturated heterocycles. The van der Waals surface area contributed by atoms with E-state index < -0.39 is 29.6 Å². The highest BCUT2D eigenvalue weighted by atomic mass is 16.5. The van der Waals surface area contributed by atoms with E-state index in [1.54, 1.807) is 0 Å². The third-order valence-electron chi connectivity index (χ3n) is 5.38. The third-order valence-corrected chi connectivity index (χ3v) is 5.38. The smallest absolute Gasteiger partial charge is 0.407 e. The van der Waals surface area contributed by atoms with Crippen LogP contribution < -0.4 is 10.6 Å². The molecule has 0 fully saturated rings. The maximum atomic E-state index is 12.4. The first kappa shape index (κ1) is 22.3. The van der Waals surface area contributed by atoms with Gasteiger partial charge in [0.2, 0.25) is 5.91 Å². The Morgan fingerprint density at radius 2 is 1.61 bits per heavy atom. The predicted molar refractivity (Wildman–Crippen MR) is 114 cm³/mol. The van der Waals surface area contributed by atoms with E-state index in [-0.39, 0.29) is 19.1 Å². The second kappa shape index (κ2) is 9.18. The average molecular weight is 426 g/mol. The largest absolute Gasteiger partial charge is 0.479 e. The molecule has 1 unspecified atom stereocenters. The minimum Gasteiger partial charge on any atom is -0.479 e. The van der Waals surface area contributed by atoms with Crippen LogP contribution in [0.4, 0.5) is 4.79 Å². The number of amides is 2. The number of benzene rings is 2. The van der Waals surface area contributed by atoms with Crippen LogP contribution in [0.2, 0.25) is 0 Å². The van der Waals surface area contributed by atoms with E-state index in [9.17, 15) is 19.5 Å². The number of carbonyl (C=O) groups is 3. The van der Waals surface area contributed by atoms with Crippen molar-refractivity contribution in [3.05, 3.63) is 59.7 Å². The first-order valence-corrected chi connectivity index (χ1v) is 9.92. The van der Waals surface area contributed by atoms with Crippen LogP contribution in [-0.2, 0) is 19.1 Å². The van der Waals surface area contributed by atoms with Crippen LogP contribution >= 0.6 is 0 Å². The molecule has 2 amide bonds. The number of ether oxygens (including phenoxy) is 2. The molecule has 164 valence electrons. The van der Waals surface area contributed by atoms with Crippen LogP contribution in [0, 0.1) is 0 Å². The van der Waals surface area contributed by atoms with Crippen molar-refractivity contribution in [2.75, 3.05) is 20.3 Å². The van der Waals surface area contributed by atoms with Gasteiger partial charge in [0.15, 0.2) is 5.54 Å². The molecule has 2 atom stereocenters. The number of carboxylic acids is 1. The molecule has 0 aromatic heterocycles. The summed E-state index contributed by atoms with van der Waals surface area (Å²) in [6.07, 6.45) is -0.756. The molecule has 1 aliphatic carbocycles. The van der Waals surface area contributed by atoms with Gasteiger partial charge >= 0.3 is 12.1 Å². The zero-order valence-corrected chi connectivity index (χ0v) is 17.7. The number of fused-ring (bicyclic) bond motifs is 3. The number of aliphatic carboxylic acids is 1. The quantitative estimate of drug-likeness (QED) is 0.598. The van der Waals surface area contributed by atoms with Crippen molar-refractivity contribution < 1.29 is 29.0 Å². The molecule has 3 N–H and O–H groups in total. The fourth-order valence-electron chi connectivity index (χ4n) is 3.70. The van der Waals surface area contributed by atoms with Crippen molar-refractivity contribution in [3.8, 4) is 11.1 Å². The number of hydrogen-bond acceptors (Lipinski definition) is 5. The Morgan fingerprint density at radius 3 is 2.13 bits per heavy atom. The molecule has 0 radical (unpaired) electrons. The number of nitrogens with one attached hydrogen (secondary N) is 2. The highest BCUT2D eigenvalue weighted by Crippen LogP contribution is 2.44. The third kappa shape index (κ3) is 4.69. The maximum Gasteiger partial charge on any atom is 0.407 e. The molecule has 0 aliphatic heterocycles.